The van der Waals surface area contributed by atoms with Gasteiger partial charge in [-0.3, -0.25) is 4.79 Å². The molecule has 1 rings (SSSR count). The van der Waals surface area contributed by atoms with Crippen LogP contribution < -0.4 is 0 Å². The molecule has 0 heterocycles. The van der Waals surface area contributed by atoms with Crippen LogP contribution in [0, 0.1) is 0 Å². The van der Waals surface area contributed by atoms with Gasteiger partial charge in [-0.25, -0.2) is 0 Å². The monoisotopic (exact) mass is 460 g/mol. The minimum absolute atomic E-state index is 0.249. The first kappa shape index (κ1) is 25.0. The number of hydrogen-bond acceptors (Lipinski definition) is 6. The SMILES string of the molecule is CC(C)(C)OC(=O)CCOCCOCCOCCOCCc1ccc(Br)cc1. The summed E-state index contributed by atoms with van der Waals surface area (Å²) in [6.07, 6.45) is 1.15. The van der Waals surface area contributed by atoms with Crippen LogP contribution in [-0.2, 0) is 34.9 Å². The van der Waals surface area contributed by atoms with Gasteiger partial charge in [0.05, 0.1) is 59.3 Å². The Morgan fingerprint density at radius 1 is 0.786 bits per heavy atom. The van der Waals surface area contributed by atoms with Gasteiger partial charge in [-0.05, 0) is 44.9 Å². The molecule has 1 aromatic carbocycles. The van der Waals surface area contributed by atoms with Crippen molar-refractivity contribution >= 4 is 21.9 Å². The van der Waals surface area contributed by atoms with Gasteiger partial charge >= 0.3 is 5.97 Å². The topological polar surface area (TPSA) is 63.2 Å². The van der Waals surface area contributed by atoms with Crippen LogP contribution in [0.1, 0.15) is 32.8 Å². The van der Waals surface area contributed by atoms with Crippen LogP contribution in [0.3, 0.4) is 0 Å². The summed E-state index contributed by atoms with van der Waals surface area (Å²) in [5.74, 6) is -0.249. The molecule has 6 nitrogen and oxygen atoms in total. The number of carbonyl (C=O) groups excluding carboxylic acids is 1. The summed E-state index contributed by atoms with van der Waals surface area (Å²) in [6, 6.07) is 8.24. The standard InChI is InChI=1S/C21H33BrO6/c1-21(2,3)28-20(23)9-11-25-13-15-27-17-16-26-14-12-24-10-8-18-4-6-19(22)7-5-18/h4-7H,8-17H2,1-3H3. The van der Waals surface area contributed by atoms with E-state index < -0.39 is 5.60 Å². The minimum atomic E-state index is -0.454. The van der Waals surface area contributed by atoms with Crippen molar-refractivity contribution in [2.24, 2.45) is 0 Å². The number of carbonyl (C=O) groups is 1. The van der Waals surface area contributed by atoms with E-state index in [1.165, 1.54) is 5.56 Å². The summed E-state index contributed by atoms with van der Waals surface area (Å²) in [6.45, 7) is 9.63. The zero-order valence-electron chi connectivity index (χ0n) is 17.2. The second-order valence-corrected chi connectivity index (χ2v) is 8.08. The largest absolute Gasteiger partial charge is 0.460 e. The lowest BCUT2D eigenvalue weighted by Crippen LogP contribution is -2.24. The fourth-order valence-electron chi connectivity index (χ4n) is 2.15. The van der Waals surface area contributed by atoms with Crippen molar-refractivity contribution in [1.82, 2.24) is 0 Å². The van der Waals surface area contributed by atoms with Crippen LogP contribution in [0.4, 0.5) is 0 Å². The smallest absolute Gasteiger partial charge is 0.308 e. The van der Waals surface area contributed by atoms with E-state index >= 15 is 0 Å². The second-order valence-electron chi connectivity index (χ2n) is 7.16. The number of rotatable bonds is 15. The molecule has 0 bridgehead atoms. The maximum atomic E-state index is 11.5. The van der Waals surface area contributed by atoms with Gasteiger partial charge in [0.1, 0.15) is 5.60 Å². The van der Waals surface area contributed by atoms with E-state index in [0.717, 1.165) is 10.9 Å². The van der Waals surface area contributed by atoms with Crippen molar-refractivity contribution in [3.05, 3.63) is 34.3 Å². The first-order chi connectivity index (χ1) is 13.4. The molecule has 0 spiro atoms. The summed E-state index contributed by atoms with van der Waals surface area (Å²) < 4.78 is 28.0. The zero-order valence-corrected chi connectivity index (χ0v) is 18.8. The van der Waals surface area contributed by atoms with Crippen LogP contribution >= 0.6 is 15.9 Å². The number of benzene rings is 1. The molecule has 0 saturated carbocycles. The average Bonchev–Trinajstić information content (AvgIpc) is 2.62. The molecular formula is C21H33BrO6. The van der Waals surface area contributed by atoms with Crippen LogP contribution in [0.5, 0.6) is 0 Å². The Labute approximate surface area is 177 Å². The van der Waals surface area contributed by atoms with E-state index in [1.54, 1.807) is 0 Å². The van der Waals surface area contributed by atoms with Gasteiger partial charge in [-0.1, -0.05) is 28.1 Å². The van der Waals surface area contributed by atoms with Gasteiger partial charge in [0.25, 0.3) is 0 Å². The predicted octanol–water partition coefficient (Wildman–Crippen LogP) is 3.79. The van der Waals surface area contributed by atoms with E-state index in [9.17, 15) is 4.79 Å². The van der Waals surface area contributed by atoms with Crippen LogP contribution in [0.2, 0.25) is 0 Å². The van der Waals surface area contributed by atoms with Gasteiger partial charge in [0.15, 0.2) is 0 Å². The molecule has 0 N–H and O–H groups in total. The lowest BCUT2D eigenvalue weighted by atomic mass is 10.2. The molecule has 160 valence electrons. The molecule has 0 aliphatic rings. The van der Waals surface area contributed by atoms with Gasteiger partial charge < -0.3 is 23.7 Å². The Bertz CT molecular complexity index is 527. The van der Waals surface area contributed by atoms with Gasteiger partial charge in [0.2, 0.25) is 0 Å². The maximum Gasteiger partial charge on any atom is 0.308 e. The van der Waals surface area contributed by atoms with E-state index in [-0.39, 0.29) is 12.4 Å². The molecule has 0 fully saturated rings. The third-order valence-electron chi connectivity index (χ3n) is 3.43. The van der Waals surface area contributed by atoms with Crippen molar-refractivity contribution in [1.29, 1.82) is 0 Å². The quantitative estimate of drug-likeness (QED) is 0.293. The minimum Gasteiger partial charge on any atom is -0.460 e. The van der Waals surface area contributed by atoms with E-state index in [4.69, 9.17) is 23.7 Å². The maximum absolute atomic E-state index is 11.5. The molecule has 28 heavy (non-hydrogen) atoms. The van der Waals surface area contributed by atoms with Crippen molar-refractivity contribution in [2.45, 2.75) is 39.2 Å². The van der Waals surface area contributed by atoms with E-state index in [2.05, 4.69) is 28.1 Å². The molecule has 0 atom stereocenters. The highest BCUT2D eigenvalue weighted by atomic mass is 79.9. The first-order valence-corrected chi connectivity index (χ1v) is 10.4. The number of esters is 1. The Morgan fingerprint density at radius 3 is 1.75 bits per heavy atom. The first-order valence-electron chi connectivity index (χ1n) is 9.64. The van der Waals surface area contributed by atoms with Crippen LogP contribution in [-0.4, -0.2) is 64.4 Å². The lowest BCUT2D eigenvalue weighted by Gasteiger charge is -2.19. The summed E-state index contributed by atoms with van der Waals surface area (Å²) >= 11 is 3.42. The van der Waals surface area contributed by atoms with Crippen molar-refractivity contribution in [3.8, 4) is 0 Å². The molecule has 0 aliphatic carbocycles. The summed E-state index contributed by atoms with van der Waals surface area (Å²) in [5, 5.41) is 0. The Morgan fingerprint density at radius 2 is 1.25 bits per heavy atom. The number of ether oxygens (including phenoxy) is 5. The van der Waals surface area contributed by atoms with Crippen molar-refractivity contribution in [3.63, 3.8) is 0 Å². The highest BCUT2D eigenvalue weighted by Gasteiger charge is 2.15. The Hall–Kier alpha value is -0.990. The molecule has 7 heteroatoms. The summed E-state index contributed by atoms with van der Waals surface area (Å²) in [5.41, 5.74) is 0.802. The van der Waals surface area contributed by atoms with Crippen LogP contribution in [0.15, 0.2) is 28.7 Å². The zero-order chi connectivity index (χ0) is 20.7. The van der Waals surface area contributed by atoms with E-state index in [0.29, 0.717) is 52.9 Å². The third kappa shape index (κ3) is 15.0. The Kier molecular flexibility index (Phi) is 13.4. The second kappa shape index (κ2) is 14.9. The average molecular weight is 461 g/mol. The van der Waals surface area contributed by atoms with Gasteiger partial charge in [0, 0.05) is 4.47 Å². The highest BCUT2D eigenvalue weighted by Crippen LogP contribution is 2.11. The summed E-state index contributed by atoms with van der Waals surface area (Å²) in [7, 11) is 0. The fourth-order valence-corrected chi connectivity index (χ4v) is 2.42. The molecule has 0 radical (unpaired) electrons. The van der Waals surface area contributed by atoms with Gasteiger partial charge in [-0.2, -0.15) is 0 Å². The number of hydrogen-bond donors (Lipinski definition) is 0. The molecular weight excluding hydrogens is 428 g/mol. The third-order valence-corrected chi connectivity index (χ3v) is 3.96. The van der Waals surface area contributed by atoms with Gasteiger partial charge in [-0.15, -0.1) is 0 Å². The number of halogens is 1. The van der Waals surface area contributed by atoms with Crippen molar-refractivity contribution < 1.29 is 28.5 Å². The highest BCUT2D eigenvalue weighted by molar-refractivity contribution is 9.10. The normalized spacial score (nSPS) is 11.6. The molecule has 0 aliphatic heterocycles. The lowest BCUT2D eigenvalue weighted by molar-refractivity contribution is -0.156. The molecule has 0 saturated heterocycles. The molecule has 0 aromatic heterocycles. The predicted molar refractivity (Wildman–Crippen MR) is 112 cm³/mol. The fraction of sp³-hybridized carbons (Fsp3) is 0.667. The summed E-state index contributed by atoms with van der Waals surface area (Å²) in [4.78, 5) is 11.5. The molecule has 0 amide bonds. The van der Waals surface area contributed by atoms with E-state index in [1.807, 2.05) is 32.9 Å². The Balaban J connectivity index is 1.79. The molecule has 0 unspecified atom stereocenters. The van der Waals surface area contributed by atoms with Crippen LogP contribution in [0.25, 0.3) is 0 Å². The van der Waals surface area contributed by atoms with Crippen molar-refractivity contribution in [2.75, 3.05) is 52.9 Å². The molecule has 1 aromatic rings.